The minimum absolute atomic E-state index is 0.769. The van der Waals surface area contributed by atoms with Crippen molar-refractivity contribution in [3.8, 4) is 0 Å². The highest BCUT2D eigenvalue weighted by molar-refractivity contribution is 5.06. The van der Waals surface area contributed by atoms with Crippen LogP contribution in [0.3, 0.4) is 0 Å². The lowest BCUT2D eigenvalue weighted by atomic mass is 9.87. The third-order valence-corrected chi connectivity index (χ3v) is 3.43. The van der Waals surface area contributed by atoms with Gasteiger partial charge in [-0.3, -0.25) is 0 Å². The van der Waals surface area contributed by atoms with Crippen molar-refractivity contribution in [2.45, 2.75) is 53.4 Å². The molecule has 1 rings (SSSR count). The summed E-state index contributed by atoms with van der Waals surface area (Å²) in [4.78, 5) is 0. The molecule has 0 aromatic heterocycles. The minimum atomic E-state index is 0.769. The van der Waals surface area contributed by atoms with Gasteiger partial charge in [0, 0.05) is 0 Å². The van der Waals surface area contributed by atoms with E-state index in [0.717, 1.165) is 17.8 Å². The normalized spacial score (nSPS) is 24.8. The van der Waals surface area contributed by atoms with Gasteiger partial charge in [0.05, 0.1) is 0 Å². The lowest BCUT2D eigenvalue weighted by Gasteiger charge is -2.18. The quantitative estimate of drug-likeness (QED) is 0.552. The zero-order valence-corrected chi connectivity index (χ0v) is 9.64. The van der Waals surface area contributed by atoms with Gasteiger partial charge in [-0.1, -0.05) is 39.3 Å². The van der Waals surface area contributed by atoms with Crippen LogP contribution in [0, 0.1) is 17.8 Å². The lowest BCUT2D eigenvalue weighted by Crippen LogP contribution is -2.07. The summed E-state index contributed by atoms with van der Waals surface area (Å²) >= 11 is 0. The van der Waals surface area contributed by atoms with Crippen LogP contribution in [0.15, 0.2) is 11.6 Å². The van der Waals surface area contributed by atoms with Crippen molar-refractivity contribution < 1.29 is 0 Å². The molecule has 0 amide bonds. The molecule has 13 heavy (non-hydrogen) atoms. The first-order valence-corrected chi connectivity index (χ1v) is 5.80. The monoisotopic (exact) mass is 180 g/mol. The molecule has 0 radical (unpaired) electrons. The third-order valence-electron chi connectivity index (χ3n) is 3.43. The van der Waals surface area contributed by atoms with Crippen molar-refractivity contribution in [1.29, 1.82) is 0 Å². The average molecular weight is 180 g/mol. The van der Waals surface area contributed by atoms with Gasteiger partial charge in [0.15, 0.2) is 0 Å². The van der Waals surface area contributed by atoms with Crippen LogP contribution in [0.5, 0.6) is 0 Å². The maximum absolute atomic E-state index is 2.49. The van der Waals surface area contributed by atoms with E-state index in [-0.39, 0.29) is 0 Å². The van der Waals surface area contributed by atoms with Crippen molar-refractivity contribution in [3.05, 3.63) is 11.6 Å². The second kappa shape index (κ2) is 4.83. The fourth-order valence-electron chi connectivity index (χ4n) is 2.27. The second-order valence-corrected chi connectivity index (χ2v) is 5.05. The second-order valence-electron chi connectivity index (χ2n) is 5.05. The van der Waals surface area contributed by atoms with Gasteiger partial charge in [0.25, 0.3) is 0 Å². The maximum Gasteiger partial charge on any atom is -0.0260 e. The van der Waals surface area contributed by atoms with E-state index < -0.39 is 0 Å². The Balaban J connectivity index is 2.48. The molecule has 1 aliphatic rings. The van der Waals surface area contributed by atoms with Crippen LogP contribution in [-0.4, -0.2) is 0 Å². The molecule has 0 saturated carbocycles. The van der Waals surface area contributed by atoms with E-state index in [0.29, 0.717) is 0 Å². The van der Waals surface area contributed by atoms with Gasteiger partial charge in [-0.05, 0) is 43.4 Å². The van der Waals surface area contributed by atoms with Crippen molar-refractivity contribution in [2.75, 3.05) is 0 Å². The summed E-state index contributed by atoms with van der Waals surface area (Å²) in [6, 6.07) is 0. The molecule has 0 fully saturated rings. The van der Waals surface area contributed by atoms with Crippen LogP contribution in [0.4, 0.5) is 0 Å². The summed E-state index contributed by atoms with van der Waals surface area (Å²) in [5.41, 5.74) is 1.70. The van der Waals surface area contributed by atoms with Gasteiger partial charge in [-0.15, -0.1) is 0 Å². The first-order valence-electron chi connectivity index (χ1n) is 5.80. The van der Waals surface area contributed by atoms with Crippen molar-refractivity contribution in [3.63, 3.8) is 0 Å². The Kier molecular flexibility index (Phi) is 4.02. The van der Waals surface area contributed by atoms with Crippen molar-refractivity contribution in [1.82, 2.24) is 0 Å². The standard InChI is InChI=1S/C13H24/c1-10(2)12-6-5-7-13(9-8-12)11(3)4/h6,10-11,13H,5,7-9H2,1-4H3. The third kappa shape index (κ3) is 3.17. The molecule has 0 aromatic carbocycles. The highest BCUT2D eigenvalue weighted by Crippen LogP contribution is 2.30. The van der Waals surface area contributed by atoms with Crippen LogP contribution >= 0.6 is 0 Å². The van der Waals surface area contributed by atoms with Crippen molar-refractivity contribution in [2.24, 2.45) is 17.8 Å². The Labute approximate surface area is 83.4 Å². The zero-order chi connectivity index (χ0) is 9.84. The van der Waals surface area contributed by atoms with E-state index in [1.54, 1.807) is 5.57 Å². The number of allylic oxidation sites excluding steroid dienone is 2. The lowest BCUT2D eigenvalue weighted by molar-refractivity contribution is 0.343. The topological polar surface area (TPSA) is 0 Å². The van der Waals surface area contributed by atoms with Crippen LogP contribution < -0.4 is 0 Å². The summed E-state index contributed by atoms with van der Waals surface area (Å²) in [5.74, 6) is 2.61. The highest BCUT2D eigenvalue weighted by Gasteiger charge is 2.17. The predicted molar refractivity (Wildman–Crippen MR) is 59.7 cm³/mol. The zero-order valence-electron chi connectivity index (χ0n) is 9.64. The number of hydrogen-bond acceptors (Lipinski definition) is 0. The Hall–Kier alpha value is -0.260. The molecule has 0 aromatic rings. The van der Waals surface area contributed by atoms with E-state index in [9.17, 15) is 0 Å². The van der Waals surface area contributed by atoms with E-state index in [4.69, 9.17) is 0 Å². The Bertz CT molecular complexity index is 174. The largest absolute Gasteiger partial charge is 0.0851 e. The summed E-state index contributed by atoms with van der Waals surface area (Å²) in [6.45, 7) is 9.37. The summed E-state index contributed by atoms with van der Waals surface area (Å²) < 4.78 is 0. The predicted octanol–water partition coefficient (Wildman–Crippen LogP) is 4.42. The number of hydrogen-bond donors (Lipinski definition) is 0. The number of rotatable bonds is 2. The molecule has 0 N–H and O–H groups in total. The van der Waals surface area contributed by atoms with Gasteiger partial charge >= 0.3 is 0 Å². The van der Waals surface area contributed by atoms with E-state index in [2.05, 4.69) is 33.8 Å². The van der Waals surface area contributed by atoms with Crippen molar-refractivity contribution >= 4 is 0 Å². The molecule has 1 unspecified atom stereocenters. The van der Waals surface area contributed by atoms with E-state index in [1.165, 1.54) is 25.7 Å². The summed E-state index contributed by atoms with van der Waals surface area (Å²) in [6.07, 6.45) is 7.99. The van der Waals surface area contributed by atoms with Crippen LogP contribution in [0.25, 0.3) is 0 Å². The van der Waals surface area contributed by atoms with E-state index in [1.807, 2.05) is 0 Å². The molecule has 0 aliphatic heterocycles. The molecule has 1 atom stereocenters. The van der Waals surface area contributed by atoms with Crippen LogP contribution in [0.2, 0.25) is 0 Å². The highest BCUT2D eigenvalue weighted by atomic mass is 14.2. The molecule has 0 saturated heterocycles. The molecule has 0 heteroatoms. The van der Waals surface area contributed by atoms with E-state index >= 15 is 0 Å². The van der Waals surface area contributed by atoms with Gasteiger partial charge in [-0.25, -0.2) is 0 Å². The average Bonchev–Trinajstić information content (AvgIpc) is 2.27. The smallest absolute Gasteiger partial charge is 0.0260 e. The van der Waals surface area contributed by atoms with Gasteiger partial charge in [0.1, 0.15) is 0 Å². The summed E-state index contributed by atoms with van der Waals surface area (Å²) in [5, 5.41) is 0. The Morgan fingerprint density at radius 3 is 2.38 bits per heavy atom. The van der Waals surface area contributed by atoms with Crippen LogP contribution in [-0.2, 0) is 0 Å². The molecule has 0 bridgehead atoms. The van der Waals surface area contributed by atoms with Gasteiger partial charge in [-0.2, -0.15) is 0 Å². The van der Waals surface area contributed by atoms with Gasteiger partial charge < -0.3 is 0 Å². The SMILES string of the molecule is CC(C)C1=CCCC(C(C)C)CC1. The van der Waals surface area contributed by atoms with Gasteiger partial charge in [0.2, 0.25) is 0 Å². The maximum atomic E-state index is 2.49. The summed E-state index contributed by atoms with van der Waals surface area (Å²) in [7, 11) is 0. The molecule has 0 spiro atoms. The first-order chi connectivity index (χ1) is 6.11. The fourth-order valence-corrected chi connectivity index (χ4v) is 2.27. The molecular formula is C13H24. The Morgan fingerprint density at radius 1 is 1.15 bits per heavy atom. The molecule has 0 nitrogen and oxygen atoms in total. The molecule has 76 valence electrons. The minimum Gasteiger partial charge on any atom is -0.0851 e. The molecular weight excluding hydrogens is 156 g/mol. The van der Waals surface area contributed by atoms with Crippen LogP contribution in [0.1, 0.15) is 53.4 Å². The fraction of sp³-hybridized carbons (Fsp3) is 0.846. The molecule has 0 heterocycles. The first kappa shape index (κ1) is 10.8. The molecule has 1 aliphatic carbocycles. The Morgan fingerprint density at radius 2 is 1.85 bits per heavy atom.